The number of nitrogens with zero attached hydrogens (tertiary/aromatic N) is 2. The first-order valence-electron chi connectivity index (χ1n) is 8.31. The van der Waals surface area contributed by atoms with Gasteiger partial charge in [-0.05, 0) is 30.2 Å². The first-order valence-corrected chi connectivity index (χ1v) is 8.31. The van der Waals surface area contributed by atoms with E-state index in [9.17, 15) is 4.79 Å². The summed E-state index contributed by atoms with van der Waals surface area (Å²) in [6.45, 7) is 0.763. The van der Waals surface area contributed by atoms with Gasteiger partial charge in [0.05, 0.1) is 18.4 Å². The lowest BCUT2D eigenvalue weighted by molar-refractivity contribution is 0.0602. The quantitative estimate of drug-likeness (QED) is 0.635. The van der Waals surface area contributed by atoms with E-state index in [1.54, 1.807) is 24.4 Å². The third kappa shape index (κ3) is 4.57. The van der Waals surface area contributed by atoms with Gasteiger partial charge in [0.2, 0.25) is 5.95 Å². The van der Waals surface area contributed by atoms with Gasteiger partial charge in [-0.2, -0.15) is 4.98 Å². The van der Waals surface area contributed by atoms with Crippen molar-refractivity contribution in [2.75, 3.05) is 24.3 Å². The maximum absolute atomic E-state index is 11.9. The maximum Gasteiger partial charge on any atom is 0.339 e. The molecule has 1 aromatic heterocycles. The minimum absolute atomic E-state index is 0.408. The molecule has 0 unspecified atom stereocenters. The van der Waals surface area contributed by atoms with E-state index in [4.69, 9.17) is 4.74 Å². The molecule has 0 spiro atoms. The molecule has 6 heteroatoms. The number of carbonyl (C=O) groups is 1. The standard InChI is InChI=1S/C20H20N4O2/c1-26-19(25)16-9-5-6-10-17(16)23-20-22-14-12-18(24-20)21-13-11-15-7-3-2-4-8-15/h2-10,12,14H,11,13H2,1H3,(H2,21,22,23,24). The Labute approximate surface area is 152 Å². The summed E-state index contributed by atoms with van der Waals surface area (Å²) >= 11 is 0. The molecule has 0 amide bonds. The van der Waals surface area contributed by atoms with Crippen molar-refractivity contribution in [3.8, 4) is 0 Å². The Morgan fingerprint density at radius 1 is 1.04 bits per heavy atom. The van der Waals surface area contributed by atoms with Gasteiger partial charge < -0.3 is 15.4 Å². The lowest BCUT2D eigenvalue weighted by Gasteiger charge is -2.11. The molecule has 6 nitrogen and oxygen atoms in total. The molecule has 0 fully saturated rings. The van der Waals surface area contributed by atoms with E-state index in [0.29, 0.717) is 23.0 Å². The van der Waals surface area contributed by atoms with Crippen LogP contribution < -0.4 is 10.6 Å². The van der Waals surface area contributed by atoms with Crippen LogP contribution in [0.2, 0.25) is 0 Å². The van der Waals surface area contributed by atoms with Gasteiger partial charge >= 0.3 is 5.97 Å². The van der Waals surface area contributed by atoms with Crippen LogP contribution in [0.25, 0.3) is 0 Å². The van der Waals surface area contributed by atoms with Gasteiger partial charge in [-0.1, -0.05) is 42.5 Å². The van der Waals surface area contributed by atoms with Crippen molar-refractivity contribution in [3.05, 3.63) is 78.0 Å². The van der Waals surface area contributed by atoms with Crippen LogP contribution in [-0.4, -0.2) is 29.6 Å². The molecule has 0 aliphatic carbocycles. The number of anilines is 3. The average molecular weight is 348 g/mol. The predicted octanol–water partition coefficient (Wildman–Crippen LogP) is 3.66. The smallest absolute Gasteiger partial charge is 0.339 e. The molecule has 3 rings (SSSR count). The summed E-state index contributed by atoms with van der Waals surface area (Å²) in [6.07, 6.45) is 2.57. The Morgan fingerprint density at radius 2 is 1.81 bits per heavy atom. The Bertz CT molecular complexity index is 868. The largest absolute Gasteiger partial charge is 0.465 e. The number of nitrogens with one attached hydrogen (secondary N) is 2. The van der Waals surface area contributed by atoms with Gasteiger partial charge in [-0.15, -0.1) is 0 Å². The van der Waals surface area contributed by atoms with Crippen molar-refractivity contribution in [1.29, 1.82) is 0 Å². The van der Waals surface area contributed by atoms with E-state index in [1.807, 2.05) is 30.3 Å². The van der Waals surface area contributed by atoms with Crippen molar-refractivity contribution in [1.82, 2.24) is 9.97 Å². The summed E-state index contributed by atoms with van der Waals surface area (Å²) in [5.41, 5.74) is 2.29. The molecule has 0 saturated carbocycles. The Hall–Kier alpha value is -3.41. The second kappa shape index (κ2) is 8.62. The summed E-state index contributed by atoms with van der Waals surface area (Å²) in [5.74, 6) is 0.713. The molecule has 0 aliphatic rings. The number of hydrogen-bond donors (Lipinski definition) is 2. The van der Waals surface area contributed by atoms with Crippen molar-refractivity contribution < 1.29 is 9.53 Å². The summed E-state index contributed by atoms with van der Waals surface area (Å²) < 4.78 is 4.80. The van der Waals surface area contributed by atoms with E-state index < -0.39 is 5.97 Å². The van der Waals surface area contributed by atoms with Crippen LogP contribution in [0, 0.1) is 0 Å². The van der Waals surface area contributed by atoms with Crippen molar-refractivity contribution in [2.45, 2.75) is 6.42 Å². The number of benzene rings is 2. The minimum atomic E-state index is -0.412. The number of hydrogen-bond acceptors (Lipinski definition) is 6. The highest BCUT2D eigenvalue weighted by Gasteiger charge is 2.12. The van der Waals surface area contributed by atoms with Crippen molar-refractivity contribution in [2.24, 2.45) is 0 Å². The van der Waals surface area contributed by atoms with E-state index >= 15 is 0 Å². The molecule has 1 heterocycles. The fourth-order valence-corrected chi connectivity index (χ4v) is 2.50. The van der Waals surface area contributed by atoms with Gasteiger partial charge in [-0.3, -0.25) is 0 Å². The van der Waals surface area contributed by atoms with Gasteiger partial charge in [0.1, 0.15) is 5.82 Å². The van der Waals surface area contributed by atoms with Crippen LogP contribution >= 0.6 is 0 Å². The fourth-order valence-electron chi connectivity index (χ4n) is 2.50. The number of aromatic nitrogens is 2. The highest BCUT2D eigenvalue weighted by atomic mass is 16.5. The highest BCUT2D eigenvalue weighted by molar-refractivity contribution is 5.96. The summed E-state index contributed by atoms with van der Waals surface area (Å²) in [7, 11) is 1.35. The lowest BCUT2D eigenvalue weighted by Crippen LogP contribution is -2.09. The lowest BCUT2D eigenvalue weighted by atomic mass is 10.1. The Morgan fingerprint density at radius 3 is 2.62 bits per heavy atom. The number of methoxy groups -OCH3 is 1. The molecule has 2 aromatic carbocycles. The SMILES string of the molecule is COC(=O)c1ccccc1Nc1nccc(NCCc2ccccc2)n1. The molecule has 3 aromatic rings. The number of esters is 1. The molecule has 26 heavy (non-hydrogen) atoms. The predicted molar refractivity (Wildman–Crippen MR) is 102 cm³/mol. The second-order valence-corrected chi connectivity index (χ2v) is 5.59. The third-order valence-electron chi connectivity index (χ3n) is 3.80. The van der Waals surface area contributed by atoms with Gasteiger partial charge in [0.25, 0.3) is 0 Å². The average Bonchev–Trinajstić information content (AvgIpc) is 2.69. The molecule has 0 radical (unpaired) electrons. The minimum Gasteiger partial charge on any atom is -0.465 e. The normalized spacial score (nSPS) is 10.2. The molecule has 0 aliphatic heterocycles. The molecule has 132 valence electrons. The fraction of sp³-hybridized carbons (Fsp3) is 0.150. The van der Waals surface area contributed by atoms with Crippen LogP contribution in [-0.2, 0) is 11.2 Å². The van der Waals surface area contributed by atoms with Crippen LogP contribution in [0.5, 0.6) is 0 Å². The van der Waals surface area contributed by atoms with Crippen LogP contribution in [0.3, 0.4) is 0 Å². The summed E-state index contributed by atoms with van der Waals surface area (Å²) in [6, 6.07) is 19.1. The molecule has 2 N–H and O–H groups in total. The van der Waals surface area contributed by atoms with E-state index in [2.05, 4.69) is 32.7 Å². The molecule has 0 bridgehead atoms. The monoisotopic (exact) mass is 348 g/mol. The van der Waals surface area contributed by atoms with Crippen molar-refractivity contribution in [3.63, 3.8) is 0 Å². The Kier molecular flexibility index (Phi) is 5.77. The number of para-hydroxylation sites is 1. The topological polar surface area (TPSA) is 76.1 Å². The molecular formula is C20H20N4O2. The summed E-state index contributed by atoms with van der Waals surface area (Å²) in [4.78, 5) is 20.5. The van der Waals surface area contributed by atoms with Gasteiger partial charge in [-0.25, -0.2) is 9.78 Å². The third-order valence-corrected chi connectivity index (χ3v) is 3.80. The number of ether oxygens (including phenoxy) is 1. The van der Waals surface area contributed by atoms with Crippen molar-refractivity contribution >= 4 is 23.4 Å². The van der Waals surface area contributed by atoms with Gasteiger partial charge in [0.15, 0.2) is 0 Å². The van der Waals surface area contributed by atoms with Crippen LogP contribution in [0.15, 0.2) is 66.9 Å². The highest BCUT2D eigenvalue weighted by Crippen LogP contribution is 2.20. The van der Waals surface area contributed by atoms with E-state index in [-0.39, 0.29) is 0 Å². The van der Waals surface area contributed by atoms with E-state index in [0.717, 1.165) is 13.0 Å². The van der Waals surface area contributed by atoms with Crippen LogP contribution in [0.4, 0.5) is 17.5 Å². The molecule has 0 atom stereocenters. The first kappa shape index (κ1) is 17.4. The Balaban J connectivity index is 1.65. The zero-order valence-corrected chi connectivity index (χ0v) is 14.5. The van der Waals surface area contributed by atoms with E-state index in [1.165, 1.54) is 12.7 Å². The molecule has 0 saturated heterocycles. The second-order valence-electron chi connectivity index (χ2n) is 5.59. The zero-order chi connectivity index (χ0) is 18.2. The number of carbonyl (C=O) groups excluding carboxylic acids is 1. The molecular weight excluding hydrogens is 328 g/mol. The van der Waals surface area contributed by atoms with Crippen LogP contribution in [0.1, 0.15) is 15.9 Å². The maximum atomic E-state index is 11.9. The summed E-state index contributed by atoms with van der Waals surface area (Å²) in [5, 5.41) is 6.36. The van der Waals surface area contributed by atoms with Gasteiger partial charge in [0, 0.05) is 12.7 Å². The number of rotatable bonds is 7. The zero-order valence-electron chi connectivity index (χ0n) is 14.5. The first-order chi connectivity index (χ1) is 12.8.